The van der Waals surface area contributed by atoms with E-state index in [4.69, 9.17) is 16.3 Å². The molecule has 0 saturated carbocycles. The minimum Gasteiger partial charge on any atom is -0.492 e. The van der Waals surface area contributed by atoms with Gasteiger partial charge in [-0.25, -0.2) is 4.79 Å². The second kappa shape index (κ2) is 8.62. The van der Waals surface area contributed by atoms with Gasteiger partial charge < -0.3 is 20.3 Å². The smallest absolute Gasteiger partial charge is 0.319 e. The van der Waals surface area contributed by atoms with Crippen LogP contribution in [0.25, 0.3) is 0 Å². The summed E-state index contributed by atoms with van der Waals surface area (Å²) in [5.41, 5.74) is 1.99. The van der Waals surface area contributed by atoms with Crippen LogP contribution < -0.4 is 20.3 Å². The van der Waals surface area contributed by atoms with Gasteiger partial charge in [0.2, 0.25) is 0 Å². The fourth-order valence-electron chi connectivity index (χ4n) is 2.77. The van der Waals surface area contributed by atoms with E-state index >= 15 is 0 Å². The van der Waals surface area contributed by atoms with Crippen LogP contribution in [-0.4, -0.2) is 32.3 Å². The molecule has 1 heterocycles. The fraction of sp³-hybridized carbons (Fsp3) is 0.316. The zero-order valence-electron chi connectivity index (χ0n) is 14.0. The first-order valence-electron chi connectivity index (χ1n) is 8.49. The van der Waals surface area contributed by atoms with E-state index < -0.39 is 0 Å². The molecule has 2 N–H and O–H groups in total. The molecule has 1 saturated heterocycles. The number of ether oxygens (including phenoxy) is 1. The van der Waals surface area contributed by atoms with Crippen molar-refractivity contribution in [1.82, 2.24) is 5.32 Å². The van der Waals surface area contributed by atoms with Gasteiger partial charge in [0.25, 0.3) is 0 Å². The largest absolute Gasteiger partial charge is 0.492 e. The predicted octanol–water partition coefficient (Wildman–Crippen LogP) is 4.14. The first-order valence-corrected chi connectivity index (χ1v) is 8.87. The molecule has 0 spiro atoms. The van der Waals surface area contributed by atoms with Crippen molar-refractivity contribution in [2.75, 3.05) is 36.5 Å². The summed E-state index contributed by atoms with van der Waals surface area (Å²) >= 11 is 5.81. The monoisotopic (exact) mass is 359 g/mol. The maximum atomic E-state index is 11.9. The van der Waals surface area contributed by atoms with Crippen molar-refractivity contribution in [3.63, 3.8) is 0 Å². The molecule has 25 heavy (non-hydrogen) atoms. The number of halogens is 1. The Morgan fingerprint density at radius 3 is 2.40 bits per heavy atom. The normalized spacial score (nSPS) is 13.6. The maximum Gasteiger partial charge on any atom is 0.319 e. The Kier molecular flexibility index (Phi) is 6.01. The summed E-state index contributed by atoms with van der Waals surface area (Å²) in [6.07, 6.45) is 2.50. The van der Waals surface area contributed by atoms with Crippen LogP contribution in [0, 0.1) is 0 Å². The molecular formula is C19H22ClN3O2. The molecule has 0 aliphatic carbocycles. The van der Waals surface area contributed by atoms with E-state index in [1.165, 1.54) is 18.5 Å². The number of hydrogen-bond donors (Lipinski definition) is 2. The van der Waals surface area contributed by atoms with Gasteiger partial charge >= 0.3 is 6.03 Å². The van der Waals surface area contributed by atoms with Crippen LogP contribution in [0.1, 0.15) is 12.8 Å². The molecule has 0 unspecified atom stereocenters. The first kappa shape index (κ1) is 17.4. The van der Waals surface area contributed by atoms with E-state index in [1.54, 1.807) is 24.3 Å². The Morgan fingerprint density at radius 2 is 1.72 bits per heavy atom. The highest BCUT2D eigenvalue weighted by atomic mass is 35.5. The topological polar surface area (TPSA) is 53.6 Å². The molecule has 5 nitrogen and oxygen atoms in total. The molecular weight excluding hydrogens is 338 g/mol. The molecule has 2 aromatic rings. The number of hydrogen-bond acceptors (Lipinski definition) is 3. The number of urea groups is 1. The summed E-state index contributed by atoms with van der Waals surface area (Å²) in [5.74, 6) is 0.726. The Balaban J connectivity index is 1.37. The van der Waals surface area contributed by atoms with E-state index in [-0.39, 0.29) is 6.03 Å². The van der Waals surface area contributed by atoms with E-state index in [2.05, 4.69) is 15.5 Å². The summed E-state index contributed by atoms with van der Waals surface area (Å²) in [5, 5.41) is 6.26. The third kappa shape index (κ3) is 5.29. The van der Waals surface area contributed by atoms with Gasteiger partial charge in [-0.1, -0.05) is 11.6 Å². The van der Waals surface area contributed by atoms with Crippen molar-refractivity contribution in [2.24, 2.45) is 0 Å². The Hall–Kier alpha value is -2.40. The zero-order chi connectivity index (χ0) is 17.5. The fourth-order valence-corrected chi connectivity index (χ4v) is 2.90. The van der Waals surface area contributed by atoms with Gasteiger partial charge in [-0.2, -0.15) is 0 Å². The molecule has 3 rings (SSSR count). The average molecular weight is 360 g/mol. The SMILES string of the molecule is O=C(NCCOc1ccc(Cl)cc1)Nc1ccc(N2CCCC2)cc1. The van der Waals surface area contributed by atoms with E-state index in [0.717, 1.165) is 24.5 Å². The lowest BCUT2D eigenvalue weighted by molar-refractivity contribution is 0.247. The number of benzene rings is 2. The standard InChI is InChI=1S/C19H22ClN3O2/c20-15-3-9-18(10-4-15)25-14-11-21-19(24)22-16-5-7-17(8-6-16)23-12-1-2-13-23/h3-10H,1-2,11-14H2,(H2,21,22,24). The Bertz CT molecular complexity index is 683. The summed E-state index contributed by atoms with van der Waals surface area (Å²) in [6, 6.07) is 14.8. The highest BCUT2D eigenvalue weighted by Gasteiger charge is 2.12. The van der Waals surface area contributed by atoms with Crippen LogP contribution in [0.4, 0.5) is 16.2 Å². The predicted molar refractivity (Wildman–Crippen MR) is 102 cm³/mol. The third-order valence-electron chi connectivity index (χ3n) is 4.07. The van der Waals surface area contributed by atoms with E-state index in [0.29, 0.717) is 18.2 Å². The number of anilines is 2. The summed E-state index contributed by atoms with van der Waals surface area (Å²) < 4.78 is 5.53. The van der Waals surface area contributed by atoms with Gasteiger partial charge in [-0.3, -0.25) is 0 Å². The molecule has 1 aliphatic rings. The van der Waals surface area contributed by atoms with Crippen LogP contribution >= 0.6 is 11.6 Å². The minimum atomic E-state index is -0.242. The quantitative estimate of drug-likeness (QED) is 0.762. The number of rotatable bonds is 6. The van der Waals surface area contributed by atoms with Crippen LogP contribution in [0.15, 0.2) is 48.5 Å². The van der Waals surface area contributed by atoms with Crippen molar-refractivity contribution in [3.05, 3.63) is 53.6 Å². The lowest BCUT2D eigenvalue weighted by Gasteiger charge is -2.17. The number of amides is 2. The average Bonchev–Trinajstić information content (AvgIpc) is 3.15. The minimum absolute atomic E-state index is 0.242. The Labute approximate surface area is 152 Å². The number of carbonyl (C=O) groups excluding carboxylic acids is 1. The molecule has 0 atom stereocenters. The summed E-state index contributed by atoms with van der Waals surface area (Å²) in [6.45, 7) is 3.03. The second-order valence-corrected chi connectivity index (χ2v) is 6.36. The van der Waals surface area contributed by atoms with Gasteiger partial charge in [-0.05, 0) is 61.4 Å². The van der Waals surface area contributed by atoms with E-state index in [1.807, 2.05) is 24.3 Å². The summed E-state index contributed by atoms with van der Waals surface area (Å²) in [4.78, 5) is 14.3. The molecule has 1 aliphatic heterocycles. The molecule has 6 heteroatoms. The van der Waals surface area contributed by atoms with Crippen molar-refractivity contribution in [1.29, 1.82) is 0 Å². The van der Waals surface area contributed by atoms with Crippen molar-refractivity contribution < 1.29 is 9.53 Å². The lowest BCUT2D eigenvalue weighted by Crippen LogP contribution is -2.32. The van der Waals surface area contributed by atoms with Crippen LogP contribution in [0.3, 0.4) is 0 Å². The van der Waals surface area contributed by atoms with Gasteiger partial charge in [0, 0.05) is 29.5 Å². The van der Waals surface area contributed by atoms with Crippen LogP contribution in [0.2, 0.25) is 5.02 Å². The summed E-state index contributed by atoms with van der Waals surface area (Å²) in [7, 11) is 0. The molecule has 0 aromatic heterocycles. The molecule has 1 fully saturated rings. The van der Waals surface area contributed by atoms with Crippen LogP contribution in [-0.2, 0) is 0 Å². The number of nitrogens with one attached hydrogen (secondary N) is 2. The van der Waals surface area contributed by atoms with Gasteiger partial charge in [0.05, 0.1) is 6.54 Å². The Morgan fingerprint density at radius 1 is 1.04 bits per heavy atom. The number of carbonyl (C=O) groups is 1. The van der Waals surface area contributed by atoms with Crippen molar-refractivity contribution in [3.8, 4) is 5.75 Å². The number of nitrogens with zero attached hydrogens (tertiary/aromatic N) is 1. The molecule has 2 amide bonds. The molecule has 0 bridgehead atoms. The van der Waals surface area contributed by atoms with Crippen molar-refractivity contribution >= 4 is 29.0 Å². The van der Waals surface area contributed by atoms with E-state index in [9.17, 15) is 4.79 Å². The van der Waals surface area contributed by atoms with Gasteiger partial charge in [-0.15, -0.1) is 0 Å². The zero-order valence-corrected chi connectivity index (χ0v) is 14.8. The van der Waals surface area contributed by atoms with Crippen molar-refractivity contribution in [2.45, 2.75) is 12.8 Å². The molecule has 132 valence electrons. The second-order valence-electron chi connectivity index (χ2n) is 5.92. The lowest BCUT2D eigenvalue weighted by atomic mass is 10.2. The third-order valence-corrected chi connectivity index (χ3v) is 4.32. The van der Waals surface area contributed by atoms with Gasteiger partial charge in [0.1, 0.15) is 12.4 Å². The first-order chi connectivity index (χ1) is 12.2. The highest BCUT2D eigenvalue weighted by molar-refractivity contribution is 6.30. The maximum absolute atomic E-state index is 11.9. The van der Waals surface area contributed by atoms with Crippen LogP contribution in [0.5, 0.6) is 5.75 Å². The van der Waals surface area contributed by atoms with Gasteiger partial charge in [0.15, 0.2) is 0 Å². The highest BCUT2D eigenvalue weighted by Crippen LogP contribution is 2.22. The molecule has 0 radical (unpaired) electrons. The molecule has 2 aromatic carbocycles.